The van der Waals surface area contributed by atoms with E-state index in [9.17, 15) is 9.50 Å². The van der Waals surface area contributed by atoms with Gasteiger partial charge in [-0.15, -0.1) is 0 Å². The van der Waals surface area contributed by atoms with Crippen molar-refractivity contribution in [1.29, 1.82) is 0 Å². The smallest absolute Gasteiger partial charge is 0.163 e. The van der Waals surface area contributed by atoms with Gasteiger partial charge in [-0.05, 0) is 62.3 Å². The van der Waals surface area contributed by atoms with Gasteiger partial charge in [0, 0.05) is 30.4 Å². The Bertz CT molecular complexity index is 1060. The molecule has 7 nitrogen and oxygen atoms in total. The van der Waals surface area contributed by atoms with Gasteiger partial charge in [-0.1, -0.05) is 6.42 Å². The minimum absolute atomic E-state index is 0.264. The van der Waals surface area contributed by atoms with Crippen LogP contribution >= 0.6 is 0 Å². The molecule has 1 aliphatic heterocycles. The van der Waals surface area contributed by atoms with Crippen LogP contribution in [-0.2, 0) is 0 Å². The van der Waals surface area contributed by atoms with Gasteiger partial charge in [-0.25, -0.2) is 9.37 Å². The number of nitrogens with zero attached hydrogens (tertiary/aromatic N) is 4. The fourth-order valence-corrected chi connectivity index (χ4v) is 4.49. The largest absolute Gasteiger partial charge is 0.392 e. The maximum absolute atomic E-state index is 13.9. The number of aromatic nitrogens is 3. The number of β-amino-alcohol motifs (C(OH)–C–C–N with tert-alkyl or cyclic N) is 1. The van der Waals surface area contributed by atoms with E-state index in [2.05, 4.69) is 20.6 Å². The quantitative estimate of drug-likeness (QED) is 0.555. The van der Waals surface area contributed by atoms with Crippen LogP contribution in [0.1, 0.15) is 49.1 Å². The monoisotopic (exact) mass is 424 g/mol. The molecule has 3 N–H and O–H groups in total. The Labute approximate surface area is 181 Å². The first-order valence-corrected chi connectivity index (χ1v) is 11.1. The lowest BCUT2D eigenvalue weighted by atomic mass is 9.81. The van der Waals surface area contributed by atoms with Gasteiger partial charge >= 0.3 is 0 Å². The molecule has 0 spiro atoms. The van der Waals surface area contributed by atoms with Crippen LogP contribution < -0.4 is 10.6 Å². The Hall–Kier alpha value is -2.71. The number of piperidine rings is 1. The molecule has 3 heterocycles. The van der Waals surface area contributed by atoms with Crippen LogP contribution in [0.3, 0.4) is 0 Å². The number of halogens is 1. The number of benzene rings is 1. The van der Waals surface area contributed by atoms with E-state index in [0.717, 1.165) is 55.1 Å². The van der Waals surface area contributed by atoms with Crippen molar-refractivity contribution in [1.82, 2.24) is 19.5 Å². The number of nitrogens with one attached hydrogen (secondary N) is 2. The highest BCUT2D eigenvalue weighted by Gasteiger charge is 2.25. The van der Waals surface area contributed by atoms with E-state index in [-0.39, 0.29) is 11.9 Å². The zero-order valence-electron chi connectivity index (χ0n) is 17.8. The Morgan fingerprint density at radius 3 is 2.77 bits per heavy atom. The minimum atomic E-state index is -0.273. The van der Waals surface area contributed by atoms with E-state index >= 15 is 0 Å². The lowest BCUT2D eigenvalue weighted by Crippen LogP contribution is -2.41. The van der Waals surface area contributed by atoms with Crippen LogP contribution in [0.15, 0.2) is 30.5 Å². The summed E-state index contributed by atoms with van der Waals surface area (Å²) in [6.07, 6.45) is 7.08. The molecule has 5 rings (SSSR count). The van der Waals surface area contributed by atoms with Gasteiger partial charge in [0.15, 0.2) is 5.65 Å². The second-order valence-electron chi connectivity index (χ2n) is 8.84. The fraction of sp³-hybridized carbons (Fsp3) is 0.478. The molecule has 1 saturated heterocycles. The van der Waals surface area contributed by atoms with E-state index < -0.39 is 0 Å². The van der Waals surface area contributed by atoms with Gasteiger partial charge in [0.25, 0.3) is 0 Å². The average Bonchev–Trinajstić information content (AvgIpc) is 3.08. The van der Waals surface area contributed by atoms with Crippen molar-refractivity contribution >= 4 is 23.0 Å². The molecule has 8 heteroatoms. The molecule has 0 bridgehead atoms. The summed E-state index contributed by atoms with van der Waals surface area (Å²) < 4.78 is 15.7. The minimum Gasteiger partial charge on any atom is -0.392 e. The van der Waals surface area contributed by atoms with E-state index in [1.165, 1.54) is 24.1 Å². The first kappa shape index (κ1) is 20.2. The van der Waals surface area contributed by atoms with Crippen LogP contribution in [0, 0.1) is 12.7 Å². The number of hydrogen-bond donors (Lipinski definition) is 3. The molecule has 1 unspecified atom stereocenters. The number of rotatable bonds is 6. The second kappa shape index (κ2) is 8.43. The van der Waals surface area contributed by atoms with Gasteiger partial charge in [0.2, 0.25) is 0 Å². The van der Waals surface area contributed by atoms with Crippen molar-refractivity contribution in [3.63, 3.8) is 0 Å². The SMILES string of the molecule is Cc1cc(F)cc(Nc2cc(NCN3CCCC(O)C3)nc3c(C4CCC4)cnn23)c1. The first-order chi connectivity index (χ1) is 15.0. The molecule has 0 amide bonds. The Balaban J connectivity index is 1.46. The molecule has 2 aliphatic rings. The number of hydrogen-bond acceptors (Lipinski definition) is 6. The van der Waals surface area contributed by atoms with E-state index in [4.69, 9.17) is 4.98 Å². The highest BCUT2D eigenvalue weighted by molar-refractivity contribution is 5.66. The van der Waals surface area contributed by atoms with Crippen molar-refractivity contribution in [2.45, 2.75) is 51.0 Å². The number of aliphatic hydroxyl groups is 1. The molecule has 2 aromatic heterocycles. The second-order valence-corrected chi connectivity index (χ2v) is 8.84. The topological polar surface area (TPSA) is 77.7 Å². The van der Waals surface area contributed by atoms with Crippen molar-refractivity contribution in [3.8, 4) is 0 Å². The lowest BCUT2D eigenvalue weighted by Gasteiger charge is -2.30. The molecule has 1 aromatic carbocycles. The molecule has 1 atom stereocenters. The molecule has 164 valence electrons. The van der Waals surface area contributed by atoms with E-state index in [1.807, 2.05) is 29.8 Å². The number of aliphatic hydroxyl groups excluding tert-OH is 1. The van der Waals surface area contributed by atoms with Gasteiger partial charge in [-0.2, -0.15) is 9.61 Å². The summed E-state index contributed by atoms with van der Waals surface area (Å²) in [7, 11) is 0. The normalized spacial score (nSPS) is 20.0. The van der Waals surface area contributed by atoms with Crippen molar-refractivity contribution < 1.29 is 9.50 Å². The van der Waals surface area contributed by atoms with E-state index in [1.54, 1.807) is 0 Å². The van der Waals surface area contributed by atoms with Gasteiger partial charge in [0.05, 0.1) is 19.0 Å². The van der Waals surface area contributed by atoms with Crippen LogP contribution in [0.2, 0.25) is 0 Å². The van der Waals surface area contributed by atoms with Crippen molar-refractivity contribution in [2.75, 3.05) is 30.4 Å². The van der Waals surface area contributed by atoms with Crippen molar-refractivity contribution in [3.05, 3.63) is 47.4 Å². The first-order valence-electron chi connectivity index (χ1n) is 11.1. The Kier molecular flexibility index (Phi) is 5.50. The molecule has 2 fully saturated rings. The summed E-state index contributed by atoms with van der Waals surface area (Å²) in [4.78, 5) is 7.07. The standard InChI is InChI=1S/C23H29FN6O/c1-15-8-17(24)10-18(9-15)27-22-11-21(25-14-29-7-3-6-19(31)13-29)28-23-20(12-26-30(22)23)16-4-2-5-16/h8-12,16,19,27,31H,2-7,13-14H2,1H3,(H,25,28). The maximum atomic E-state index is 13.9. The number of aryl methyl sites for hydroxylation is 1. The third-order valence-corrected chi connectivity index (χ3v) is 6.32. The Morgan fingerprint density at radius 2 is 2.03 bits per heavy atom. The third-order valence-electron chi connectivity index (χ3n) is 6.32. The van der Waals surface area contributed by atoms with Crippen LogP contribution in [0.25, 0.3) is 5.65 Å². The summed E-state index contributed by atoms with van der Waals surface area (Å²) in [5.41, 5.74) is 3.53. The van der Waals surface area contributed by atoms with Gasteiger partial charge in [0.1, 0.15) is 17.5 Å². The fourth-order valence-electron chi connectivity index (χ4n) is 4.49. The predicted molar refractivity (Wildman–Crippen MR) is 119 cm³/mol. The van der Waals surface area contributed by atoms with Crippen LogP contribution in [-0.4, -0.2) is 50.5 Å². The van der Waals surface area contributed by atoms with Crippen LogP contribution in [0.4, 0.5) is 21.7 Å². The number of anilines is 3. The molecule has 1 saturated carbocycles. The molecule has 31 heavy (non-hydrogen) atoms. The third kappa shape index (κ3) is 4.36. The molecular formula is C23H29FN6O. The summed E-state index contributed by atoms with van der Waals surface area (Å²) >= 11 is 0. The predicted octanol–water partition coefficient (Wildman–Crippen LogP) is 4.01. The van der Waals surface area contributed by atoms with Gasteiger partial charge < -0.3 is 15.7 Å². The number of fused-ring (bicyclic) bond motifs is 1. The average molecular weight is 425 g/mol. The van der Waals surface area contributed by atoms with Crippen LogP contribution in [0.5, 0.6) is 0 Å². The molecule has 3 aromatic rings. The summed E-state index contributed by atoms with van der Waals surface area (Å²) in [5.74, 6) is 1.71. The summed E-state index contributed by atoms with van der Waals surface area (Å²) in [6, 6.07) is 6.81. The summed E-state index contributed by atoms with van der Waals surface area (Å²) in [6.45, 7) is 4.12. The molecule has 0 radical (unpaired) electrons. The van der Waals surface area contributed by atoms with Crippen molar-refractivity contribution in [2.24, 2.45) is 0 Å². The van der Waals surface area contributed by atoms with Gasteiger partial charge in [-0.3, -0.25) is 4.90 Å². The maximum Gasteiger partial charge on any atom is 0.163 e. The zero-order valence-corrected chi connectivity index (χ0v) is 17.8. The lowest BCUT2D eigenvalue weighted by molar-refractivity contribution is 0.0748. The summed E-state index contributed by atoms with van der Waals surface area (Å²) in [5, 5.41) is 21.3. The molecule has 1 aliphatic carbocycles. The highest BCUT2D eigenvalue weighted by atomic mass is 19.1. The zero-order chi connectivity index (χ0) is 21.4. The number of likely N-dealkylation sites (tertiary alicyclic amines) is 1. The highest BCUT2D eigenvalue weighted by Crippen LogP contribution is 2.38. The van der Waals surface area contributed by atoms with E-state index in [0.29, 0.717) is 24.8 Å². The molecular weight excluding hydrogens is 395 g/mol. The Morgan fingerprint density at radius 1 is 1.16 bits per heavy atom.